The van der Waals surface area contributed by atoms with E-state index in [1.54, 1.807) is 7.11 Å². The van der Waals surface area contributed by atoms with Crippen LogP contribution >= 0.6 is 11.6 Å². The lowest BCUT2D eigenvalue weighted by molar-refractivity contribution is 0.0941. The topological polar surface area (TPSA) is 9.23 Å². The molecule has 2 heteroatoms. The highest BCUT2D eigenvalue weighted by Gasteiger charge is 2.33. The molecule has 0 amide bonds. The third kappa shape index (κ3) is 3.02. The van der Waals surface area contributed by atoms with Crippen molar-refractivity contribution in [3.05, 3.63) is 106 Å². The summed E-state index contributed by atoms with van der Waals surface area (Å²) in [5.41, 5.74) is 6.24. The molecular formula is C23H19ClO. The Kier molecular flexibility index (Phi) is 4.44. The fourth-order valence-corrected chi connectivity index (χ4v) is 3.81. The largest absolute Gasteiger partial charge is 0.376 e. The minimum Gasteiger partial charge on any atom is -0.376 e. The van der Waals surface area contributed by atoms with Crippen LogP contribution in [0, 0.1) is 0 Å². The van der Waals surface area contributed by atoms with Gasteiger partial charge in [-0.3, -0.25) is 0 Å². The smallest absolute Gasteiger partial charge is 0.0930 e. The third-order valence-corrected chi connectivity index (χ3v) is 5.09. The first kappa shape index (κ1) is 16.1. The SMILES string of the molecule is CO[C@H](c1ccc(Cl)cc1)[C@H]1C(c2ccccc2)=Cc2ccccc21. The molecule has 0 aromatic heterocycles. The van der Waals surface area contributed by atoms with Crippen molar-refractivity contribution in [3.8, 4) is 0 Å². The Morgan fingerprint density at radius 3 is 2.24 bits per heavy atom. The molecule has 25 heavy (non-hydrogen) atoms. The van der Waals surface area contributed by atoms with Crippen LogP contribution in [-0.2, 0) is 4.74 Å². The number of methoxy groups -OCH3 is 1. The Labute approximate surface area is 153 Å². The van der Waals surface area contributed by atoms with E-state index in [2.05, 4.69) is 66.7 Å². The second-order valence-corrected chi connectivity index (χ2v) is 6.72. The zero-order valence-corrected chi connectivity index (χ0v) is 14.8. The van der Waals surface area contributed by atoms with Gasteiger partial charge in [-0.2, -0.15) is 0 Å². The summed E-state index contributed by atoms with van der Waals surface area (Å²) in [7, 11) is 1.78. The molecule has 0 radical (unpaired) electrons. The van der Waals surface area contributed by atoms with E-state index in [4.69, 9.17) is 16.3 Å². The summed E-state index contributed by atoms with van der Waals surface area (Å²) in [5, 5.41) is 0.740. The van der Waals surface area contributed by atoms with Gasteiger partial charge < -0.3 is 4.74 Å². The standard InChI is InChI=1S/C23H19ClO/c1-25-23(17-11-13-19(24)14-12-17)22-20-10-6-5-9-18(20)15-21(22)16-7-3-2-4-8-16/h2-15,22-23H,1H3/t22-,23-/m1/s1. The molecule has 2 atom stereocenters. The molecule has 0 heterocycles. The van der Waals surface area contributed by atoms with Crippen molar-refractivity contribution in [1.29, 1.82) is 0 Å². The van der Waals surface area contributed by atoms with E-state index < -0.39 is 0 Å². The second kappa shape index (κ2) is 6.87. The van der Waals surface area contributed by atoms with Crippen LogP contribution in [0.4, 0.5) is 0 Å². The number of hydrogen-bond donors (Lipinski definition) is 0. The average molecular weight is 347 g/mol. The predicted octanol–water partition coefficient (Wildman–Crippen LogP) is 6.37. The van der Waals surface area contributed by atoms with Gasteiger partial charge in [0.15, 0.2) is 0 Å². The zero-order valence-electron chi connectivity index (χ0n) is 14.0. The van der Waals surface area contributed by atoms with E-state index in [-0.39, 0.29) is 12.0 Å². The molecule has 4 rings (SSSR count). The molecule has 0 bridgehead atoms. The Hall–Kier alpha value is -2.35. The van der Waals surface area contributed by atoms with Gasteiger partial charge >= 0.3 is 0 Å². The van der Waals surface area contributed by atoms with Crippen LogP contribution in [0.25, 0.3) is 11.6 Å². The van der Waals surface area contributed by atoms with Gasteiger partial charge in [0, 0.05) is 18.1 Å². The lowest BCUT2D eigenvalue weighted by atomic mass is 9.83. The number of hydrogen-bond acceptors (Lipinski definition) is 1. The summed E-state index contributed by atoms with van der Waals surface area (Å²) in [5.74, 6) is 0.157. The molecule has 0 saturated carbocycles. The normalized spacial score (nSPS) is 17.0. The molecule has 0 aliphatic heterocycles. The molecule has 0 N–H and O–H groups in total. The van der Waals surface area contributed by atoms with Crippen LogP contribution in [0.1, 0.15) is 34.3 Å². The Balaban J connectivity index is 1.83. The minimum absolute atomic E-state index is 0.0626. The van der Waals surface area contributed by atoms with E-state index in [0.29, 0.717) is 0 Å². The van der Waals surface area contributed by atoms with Crippen LogP contribution < -0.4 is 0 Å². The van der Waals surface area contributed by atoms with E-state index in [1.807, 2.05) is 18.2 Å². The summed E-state index contributed by atoms with van der Waals surface area (Å²) < 4.78 is 5.98. The maximum Gasteiger partial charge on any atom is 0.0930 e. The highest BCUT2D eigenvalue weighted by Crippen LogP contribution is 2.49. The molecule has 1 nitrogen and oxygen atoms in total. The van der Waals surface area contributed by atoms with E-state index >= 15 is 0 Å². The van der Waals surface area contributed by atoms with Crippen molar-refractivity contribution in [2.75, 3.05) is 7.11 Å². The summed E-state index contributed by atoms with van der Waals surface area (Å²) in [6.07, 6.45) is 2.23. The predicted molar refractivity (Wildman–Crippen MR) is 105 cm³/mol. The Bertz CT molecular complexity index is 897. The molecular weight excluding hydrogens is 328 g/mol. The van der Waals surface area contributed by atoms with Crippen molar-refractivity contribution < 1.29 is 4.74 Å². The van der Waals surface area contributed by atoms with Gasteiger partial charge in [0.05, 0.1) is 6.10 Å². The van der Waals surface area contributed by atoms with Crippen LogP contribution in [0.3, 0.4) is 0 Å². The lowest BCUT2D eigenvalue weighted by Crippen LogP contribution is -2.13. The number of benzene rings is 3. The number of fused-ring (bicyclic) bond motifs is 1. The average Bonchev–Trinajstić information content (AvgIpc) is 3.04. The fourth-order valence-electron chi connectivity index (χ4n) is 3.69. The van der Waals surface area contributed by atoms with Gasteiger partial charge in [-0.15, -0.1) is 0 Å². The molecule has 0 fully saturated rings. The second-order valence-electron chi connectivity index (χ2n) is 6.28. The summed E-state index contributed by atoms with van der Waals surface area (Å²) in [6, 6.07) is 27.1. The van der Waals surface area contributed by atoms with Gasteiger partial charge in [-0.1, -0.05) is 84.4 Å². The number of ether oxygens (including phenoxy) is 1. The Morgan fingerprint density at radius 2 is 1.52 bits per heavy atom. The molecule has 3 aromatic rings. The van der Waals surface area contributed by atoms with Crippen molar-refractivity contribution in [3.63, 3.8) is 0 Å². The molecule has 3 aromatic carbocycles. The number of halogens is 1. The first-order valence-corrected chi connectivity index (χ1v) is 8.80. The highest BCUT2D eigenvalue weighted by atomic mass is 35.5. The molecule has 0 saturated heterocycles. The first-order valence-electron chi connectivity index (χ1n) is 8.42. The molecule has 0 spiro atoms. The lowest BCUT2D eigenvalue weighted by Gasteiger charge is -2.27. The maximum absolute atomic E-state index is 6.07. The summed E-state index contributed by atoms with van der Waals surface area (Å²) in [4.78, 5) is 0. The van der Waals surface area contributed by atoms with Crippen molar-refractivity contribution in [2.45, 2.75) is 12.0 Å². The van der Waals surface area contributed by atoms with Crippen LogP contribution in [0.2, 0.25) is 5.02 Å². The molecule has 0 unspecified atom stereocenters. The summed E-state index contributed by atoms with van der Waals surface area (Å²) in [6.45, 7) is 0. The minimum atomic E-state index is -0.0626. The highest BCUT2D eigenvalue weighted by molar-refractivity contribution is 6.30. The van der Waals surface area contributed by atoms with Gasteiger partial charge in [-0.05, 0) is 40.0 Å². The molecule has 1 aliphatic rings. The van der Waals surface area contributed by atoms with Gasteiger partial charge in [0.25, 0.3) is 0 Å². The van der Waals surface area contributed by atoms with Gasteiger partial charge in [0.2, 0.25) is 0 Å². The zero-order chi connectivity index (χ0) is 17.2. The fraction of sp³-hybridized carbons (Fsp3) is 0.130. The molecule has 1 aliphatic carbocycles. The van der Waals surface area contributed by atoms with Gasteiger partial charge in [-0.25, -0.2) is 0 Å². The molecule has 124 valence electrons. The third-order valence-electron chi connectivity index (χ3n) is 4.84. The first-order chi connectivity index (χ1) is 12.3. The van der Waals surface area contributed by atoms with Crippen LogP contribution in [-0.4, -0.2) is 7.11 Å². The van der Waals surface area contributed by atoms with Gasteiger partial charge in [0.1, 0.15) is 0 Å². The van der Waals surface area contributed by atoms with E-state index in [9.17, 15) is 0 Å². The number of rotatable bonds is 4. The quantitative estimate of drug-likeness (QED) is 0.533. The van der Waals surface area contributed by atoms with Crippen molar-refractivity contribution >= 4 is 23.3 Å². The Morgan fingerprint density at radius 1 is 0.840 bits per heavy atom. The van der Waals surface area contributed by atoms with E-state index in [1.165, 1.54) is 22.3 Å². The monoisotopic (exact) mass is 346 g/mol. The van der Waals surface area contributed by atoms with Crippen LogP contribution in [0.5, 0.6) is 0 Å². The van der Waals surface area contributed by atoms with E-state index in [0.717, 1.165) is 10.6 Å². The maximum atomic E-state index is 6.07. The van der Waals surface area contributed by atoms with Crippen molar-refractivity contribution in [2.24, 2.45) is 0 Å². The van der Waals surface area contributed by atoms with Crippen LogP contribution in [0.15, 0.2) is 78.9 Å². The van der Waals surface area contributed by atoms with Crippen molar-refractivity contribution in [1.82, 2.24) is 0 Å². The summed E-state index contributed by atoms with van der Waals surface area (Å²) >= 11 is 6.07.